The first kappa shape index (κ1) is 24.1. The molecule has 0 heterocycles. The van der Waals surface area contributed by atoms with Gasteiger partial charge in [-0.25, -0.2) is 0 Å². The van der Waals surface area contributed by atoms with Gasteiger partial charge in [-0.3, -0.25) is 0 Å². The summed E-state index contributed by atoms with van der Waals surface area (Å²) in [5.74, 6) is 2.81. The van der Waals surface area contributed by atoms with Crippen LogP contribution in [0, 0.1) is 0 Å². The van der Waals surface area contributed by atoms with Gasteiger partial charge in [-0.2, -0.15) is 0 Å². The van der Waals surface area contributed by atoms with Crippen LogP contribution in [0.25, 0.3) is 0 Å². The number of methoxy groups -OCH3 is 3. The third-order valence-corrected chi connectivity index (χ3v) is 5.58. The molecule has 0 spiro atoms. The molecule has 0 fully saturated rings. The van der Waals surface area contributed by atoms with Crippen LogP contribution < -0.4 is 24.3 Å². The van der Waals surface area contributed by atoms with Crippen molar-refractivity contribution in [1.82, 2.24) is 5.32 Å². The molecule has 0 bridgehead atoms. The zero-order valence-corrected chi connectivity index (χ0v) is 19.9. The summed E-state index contributed by atoms with van der Waals surface area (Å²) in [4.78, 5) is 0. The Labute approximate surface area is 199 Å². The first-order valence-corrected chi connectivity index (χ1v) is 10.9. The Hall–Kier alpha value is -2.60. The predicted molar refractivity (Wildman–Crippen MR) is 129 cm³/mol. The molecule has 0 aliphatic heterocycles. The van der Waals surface area contributed by atoms with Crippen LogP contribution in [-0.2, 0) is 19.6 Å². The molecule has 3 rings (SSSR count). The van der Waals surface area contributed by atoms with E-state index in [-0.39, 0.29) is 0 Å². The van der Waals surface area contributed by atoms with Crippen LogP contribution in [0.4, 0.5) is 0 Å². The van der Waals surface area contributed by atoms with Crippen molar-refractivity contribution in [3.05, 3.63) is 81.3 Å². The molecule has 7 heteroatoms. The van der Waals surface area contributed by atoms with Crippen LogP contribution in [0.3, 0.4) is 0 Å². The van der Waals surface area contributed by atoms with Gasteiger partial charge in [0.05, 0.1) is 21.3 Å². The van der Waals surface area contributed by atoms with Crippen molar-refractivity contribution in [3.8, 4) is 23.0 Å². The second kappa shape index (κ2) is 11.9. The maximum absolute atomic E-state index is 6.22. The van der Waals surface area contributed by atoms with E-state index < -0.39 is 0 Å². The lowest BCUT2D eigenvalue weighted by molar-refractivity contribution is 0.284. The molecule has 0 aliphatic rings. The Bertz CT molecular complexity index is 1040. The van der Waals surface area contributed by atoms with Crippen LogP contribution in [0.2, 0.25) is 10.0 Å². The van der Waals surface area contributed by atoms with Crippen molar-refractivity contribution < 1.29 is 18.9 Å². The molecule has 0 aliphatic carbocycles. The fourth-order valence-electron chi connectivity index (χ4n) is 3.24. The van der Waals surface area contributed by atoms with E-state index in [0.29, 0.717) is 34.7 Å². The molecule has 0 saturated carbocycles. The number of nitrogens with one attached hydrogen (secondary N) is 1. The minimum absolute atomic E-state index is 0.329. The number of halogens is 2. The maximum Gasteiger partial charge on any atom is 0.161 e. The lowest BCUT2D eigenvalue weighted by atomic mass is 10.1. The highest BCUT2D eigenvalue weighted by atomic mass is 35.5. The van der Waals surface area contributed by atoms with Crippen LogP contribution in [0.5, 0.6) is 23.0 Å². The summed E-state index contributed by atoms with van der Waals surface area (Å²) in [7, 11) is 4.91. The van der Waals surface area contributed by atoms with Crippen LogP contribution in [0.1, 0.15) is 16.7 Å². The Morgan fingerprint density at radius 1 is 0.719 bits per heavy atom. The van der Waals surface area contributed by atoms with Gasteiger partial charge in [0.2, 0.25) is 0 Å². The Balaban J connectivity index is 1.53. The summed E-state index contributed by atoms with van der Waals surface area (Å²) in [5, 5.41) is 4.63. The van der Waals surface area contributed by atoms with Gasteiger partial charge in [0, 0.05) is 22.2 Å². The molecule has 3 aromatic carbocycles. The van der Waals surface area contributed by atoms with E-state index in [2.05, 4.69) is 5.32 Å². The van der Waals surface area contributed by atoms with Gasteiger partial charge >= 0.3 is 0 Å². The van der Waals surface area contributed by atoms with E-state index in [1.54, 1.807) is 33.5 Å². The quantitative estimate of drug-likeness (QED) is 0.348. The van der Waals surface area contributed by atoms with E-state index in [9.17, 15) is 0 Å². The van der Waals surface area contributed by atoms with Gasteiger partial charge in [0.25, 0.3) is 0 Å². The number of benzene rings is 3. The SMILES string of the molecule is COc1ccc(CCNCc2ccc(OCc3ccc(Cl)cc3Cl)c(OC)c2)cc1OC. The number of hydrogen-bond donors (Lipinski definition) is 1. The normalized spacial score (nSPS) is 10.7. The average molecular weight is 476 g/mol. The van der Waals surface area contributed by atoms with E-state index in [4.69, 9.17) is 42.1 Å². The minimum atomic E-state index is 0.329. The molecule has 0 amide bonds. The van der Waals surface area contributed by atoms with Crippen molar-refractivity contribution in [3.63, 3.8) is 0 Å². The number of ether oxygens (including phenoxy) is 4. The fourth-order valence-corrected chi connectivity index (χ4v) is 3.70. The summed E-state index contributed by atoms with van der Waals surface area (Å²) in [5.41, 5.74) is 3.14. The topological polar surface area (TPSA) is 49.0 Å². The second-order valence-corrected chi connectivity index (χ2v) is 7.97. The Morgan fingerprint density at radius 2 is 1.38 bits per heavy atom. The highest BCUT2D eigenvalue weighted by molar-refractivity contribution is 6.35. The van der Waals surface area contributed by atoms with E-state index in [0.717, 1.165) is 35.6 Å². The molecule has 3 aromatic rings. The highest BCUT2D eigenvalue weighted by Crippen LogP contribution is 2.30. The summed E-state index contributed by atoms with van der Waals surface area (Å²) in [6.07, 6.45) is 0.876. The van der Waals surface area contributed by atoms with Gasteiger partial charge in [-0.05, 0) is 60.5 Å². The largest absolute Gasteiger partial charge is 0.493 e. The smallest absolute Gasteiger partial charge is 0.161 e. The maximum atomic E-state index is 6.22. The second-order valence-electron chi connectivity index (χ2n) is 7.13. The summed E-state index contributed by atoms with van der Waals surface area (Å²) < 4.78 is 22.1. The first-order chi connectivity index (χ1) is 15.5. The molecule has 0 unspecified atom stereocenters. The van der Waals surface area contributed by atoms with Gasteiger partial charge < -0.3 is 24.3 Å². The van der Waals surface area contributed by atoms with E-state index in [1.807, 2.05) is 42.5 Å². The minimum Gasteiger partial charge on any atom is -0.493 e. The standard InChI is InChI=1S/C25H27Cl2NO4/c1-29-22-8-4-17(12-24(22)30-2)10-11-28-15-18-5-9-23(25(13-18)31-3)32-16-19-6-7-20(26)14-21(19)27/h4-9,12-14,28H,10-11,15-16H2,1-3H3. The monoisotopic (exact) mass is 475 g/mol. The van der Waals surface area contributed by atoms with Crippen molar-refractivity contribution >= 4 is 23.2 Å². The van der Waals surface area contributed by atoms with Crippen LogP contribution in [0.15, 0.2) is 54.6 Å². The number of hydrogen-bond acceptors (Lipinski definition) is 5. The molecular weight excluding hydrogens is 449 g/mol. The zero-order valence-electron chi connectivity index (χ0n) is 18.4. The molecule has 5 nitrogen and oxygen atoms in total. The van der Waals surface area contributed by atoms with Gasteiger partial charge in [0.15, 0.2) is 23.0 Å². The van der Waals surface area contributed by atoms with Crippen molar-refractivity contribution in [1.29, 1.82) is 0 Å². The first-order valence-electron chi connectivity index (χ1n) is 10.2. The summed E-state index contributed by atoms with van der Waals surface area (Å²) in [6, 6.07) is 17.2. The molecule has 0 atom stereocenters. The molecule has 0 aromatic heterocycles. The summed E-state index contributed by atoms with van der Waals surface area (Å²) >= 11 is 12.2. The third-order valence-electron chi connectivity index (χ3n) is 4.99. The Morgan fingerprint density at radius 3 is 2.09 bits per heavy atom. The lowest BCUT2D eigenvalue weighted by Crippen LogP contribution is -2.16. The van der Waals surface area contributed by atoms with Crippen molar-refractivity contribution in [2.45, 2.75) is 19.6 Å². The molecule has 32 heavy (non-hydrogen) atoms. The average Bonchev–Trinajstić information content (AvgIpc) is 2.81. The molecule has 0 saturated heterocycles. The van der Waals surface area contributed by atoms with Gasteiger partial charge in [0.1, 0.15) is 6.61 Å². The lowest BCUT2D eigenvalue weighted by Gasteiger charge is -2.14. The molecule has 1 N–H and O–H groups in total. The zero-order chi connectivity index (χ0) is 22.9. The van der Waals surface area contributed by atoms with Crippen molar-refractivity contribution in [2.75, 3.05) is 27.9 Å². The molecule has 170 valence electrons. The van der Waals surface area contributed by atoms with Crippen molar-refractivity contribution in [2.24, 2.45) is 0 Å². The van der Waals surface area contributed by atoms with Gasteiger partial charge in [-0.1, -0.05) is 41.4 Å². The highest BCUT2D eigenvalue weighted by Gasteiger charge is 2.09. The van der Waals surface area contributed by atoms with Crippen LogP contribution >= 0.6 is 23.2 Å². The van der Waals surface area contributed by atoms with Crippen LogP contribution in [-0.4, -0.2) is 27.9 Å². The summed E-state index contributed by atoms with van der Waals surface area (Å²) in [6.45, 7) is 1.87. The van der Waals surface area contributed by atoms with E-state index in [1.165, 1.54) is 5.56 Å². The molecule has 0 radical (unpaired) electrons. The molecular formula is C25H27Cl2NO4. The Kier molecular flexibility index (Phi) is 8.91. The number of rotatable bonds is 11. The van der Waals surface area contributed by atoms with Gasteiger partial charge in [-0.15, -0.1) is 0 Å². The fraction of sp³-hybridized carbons (Fsp3) is 0.280. The van der Waals surface area contributed by atoms with E-state index >= 15 is 0 Å². The predicted octanol–water partition coefficient (Wildman–Crippen LogP) is 5.93. The third kappa shape index (κ3) is 6.45.